The van der Waals surface area contributed by atoms with Crippen molar-refractivity contribution in [2.24, 2.45) is 0 Å². The maximum Gasteiger partial charge on any atom is 0.250 e. The molecule has 0 unspecified atom stereocenters. The Balaban J connectivity index is 1.57. The second-order valence-corrected chi connectivity index (χ2v) is 6.03. The van der Waals surface area contributed by atoms with Crippen molar-refractivity contribution in [3.05, 3.63) is 46.0 Å². The van der Waals surface area contributed by atoms with Crippen LogP contribution in [0.1, 0.15) is 30.1 Å². The molecule has 3 heterocycles. The topological polar surface area (TPSA) is 95.1 Å². The molecule has 128 valence electrons. The Morgan fingerprint density at radius 2 is 2.29 bits per heavy atom. The molecule has 1 atom stereocenters. The van der Waals surface area contributed by atoms with Gasteiger partial charge in [0.15, 0.2) is 0 Å². The lowest BCUT2D eigenvalue weighted by molar-refractivity contribution is 0.193. The fourth-order valence-corrected chi connectivity index (χ4v) is 2.92. The predicted octanol–water partition coefficient (Wildman–Crippen LogP) is 1.54. The zero-order valence-corrected chi connectivity index (χ0v) is 13.9. The molecule has 0 bridgehead atoms. The maximum atomic E-state index is 11.8. The van der Waals surface area contributed by atoms with Crippen molar-refractivity contribution in [1.82, 2.24) is 14.5 Å². The Bertz CT molecular complexity index is 753. The monoisotopic (exact) mass is 329 g/mol. The summed E-state index contributed by atoms with van der Waals surface area (Å²) in [4.78, 5) is 20.4. The summed E-state index contributed by atoms with van der Waals surface area (Å²) in [5.41, 5.74) is 7.74. The number of hydrogen-bond donors (Lipinski definition) is 2. The molecule has 0 spiro atoms. The van der Waals surface area contributed by atoms with Gasteiger partial charge in [0.1, 0.15) is 5.82 Å². The van der Waals surface area contributed by atoms with Crippen molar-refractivity contribution < 1.29 is 4.74 Å². The zero-order valence-electron chi connectivity index (χ0n) is 13.9. The number of aryl methyl sites for hydroxylation is 1. The first-order valence-corrected chi connectivity index (χ1v) is 8.26. The van der Waals surface area contributed by atoms with E-state index >= 15 is 0 Å². The number of nitrogens with two attached hydrogens (primary N) is 1. The second-order valence-electron chi connectivity index (χ2n) is 6.03. The van der Waals surface area contributed by atoms with Crippen molar-refractivity contribution in [3.8, 4) is 0 Å². The molecule has 7 heteroatoms. The Morgan fingerprint density at radius 1 is 1.42 bits per heavy atom. The van der Waals surface area contributed by atoms with Gasteiger partial charge in [-0.25, -0.2) is 4.98 Å². The lowest BCUT2D eigenvalue weighted by Crippen LogP contribution is -2.22. The van der Waals surface area contributed by atoms with E-state index < -0.39 is 0 Å². The molecule has 2 aromatic heterocycles. The minimum absolute atomic E-state index is 0.0322. The van der Waals surface area contributed by atoms with Gasteiger partial charge in [-0.3, -0.25) is 4.79 Å². The van der Waals surface area contributed by atoms with E-state index in [4.69, 9.17) is 10.5 Å². The molecule has 1 aliphatic rings. The van der Waals surface area contributed by atoms with Crippen LogP contribution in [-0.2, 0) is 11.3 Å². The number of ether oxygens (including phenoxy) is 1. The van der Waals surface area contributed by atoms with Gasteiger partial charge in [-0.2, -0.15) is 4.98 Å². The second kappa shape index (κ2) is 7.44. The highest BCUT2D eigenvalue weighted by molar-refractivity contribution is 5.41. The third-order valence-corrected chi connectivity index (χ3v) is 4.24. The van der Waals surface area contributed by atoms with Crippen LogP contribution in [0.3, 0.4) is 0 Å². The van der Waals surface area contributed by atoms with Crippen LogP contribution in [0.25, 0.3) is 0 Å². The summed E-state index contributed by atoms with van der Waals surface area (Å²) in [6.45, 7) is 4.77. The van der Waals surface area contributed by atoms with Crippen LogP contribution in [0.5, 0.6) is 0 Å². The molecule has 0 aliphatic carbocycles. The average Bonchev–Trinajstić information content (AvgIpc) is 3.08. The molecule has 1 aliphatic heterocycles. The number of nitrogens with one attached hydrogen (secondary N) is 1. The number of anilines is 2. The van der Waals surface area contributed by atoms with E-state index in [0.29, 0.717) is 25.6 Å². The Labute approximate surface area is 140 Å². The van der Waals surface area contributed by atoms with Crippen LogP contribution >= 0.6 is 0 Å². The zero-order chi connectivity index (χ0) is 16.9. The van der Waals surface area contributed by atoms with Crippen LogP contribution < -0.4 is 16.6 Å². The average molecular weight is 329 g/mol. The number of nitrogens with zero attached hydrogens (tertiary/aromatic N) is 3. The summed E-state index contributed by atoms with van der Waals surface area (Å²) in [7, 11) is 0. The van der Waals surface area contributed by atoms with E-state index in [9.17, 15) is 4.79 Å². The van der Waals surface area contributed by atoms with E-state index in [2.05, 4.69) is 15.3 Å². The number of rotatable bonds is 6. The smallest absolute Gasteiger partial charge is 0.250 e. The quantitative estimate of drug-likeness (QED) is 0.781. The first-order chi connectivity index (χ1) is 11.6. The summed E-state index contributed by atoms with van der Waals surface area (Å²) < 4.78 is 7.18. The third kappa shape index (κ3) is 3.91. The fourth-order valence-electron chi connectivity index (χ4n) is 2.92. The summed E-state index contributed by atoms with van der Waals surface area (Å²) in [6, 6.07) is 7.25. The summed E-state index contributed by atoms with van der Waals surface area (Å²) >= 11 is 0. The fraction of sp³-hybridized carbons (Fsp3) is 0.471. The molecule has 0 saturated carbocycles. The van der Waals surface area contributed by atoms with Gasteiger partial charge in [0.05, 0.1) is 12.3 Å². The number of nitrogen functional groups attached to an aromatic ring is 1. The summed E-state index contributed by atoms with van der Waals surface area (Å²) in [6.07, 6.45) is 1.78. The van der Waals surface area contributed by atoms with Crippen LogP contribution in [0.4, 0.5) is 11.8 Å². The highest BCUT2D eigenvalue weighted by atomic mass is 16.5. The highest BCUT2D eigenvalue weighted by Gasteiger charge is 2.20. The normalized spacial score (nSPS) is 17.1. The summed E-state index contributed by atoms with van der Waals surface area (Å²) in [5.74, 6) is 1.29. The van der Waals surface area contributed by atoms with Gasteiger partial charge in [0.2, 0.25) is 5.95 Å². The molecule has 2 aromatic rings. The van der Waals surface area contributed by atoms with Crippen molar-refractivity contribution in [1.29, 1.82) is 0 Å². The molecule has 24 heavy (non-hydrogen) atoms. The van der Waals surface area contributed by atoms with Crippen molar-refractivity contribution >= 4 is 11.8 Å². The van der Waals surface area contributed by atoms with Crippen LogP contribution in [0.2, 0.25) is 0 Å². The lowest BCUT2D eigenvalue weighted by Gasteiger charge is -2.12. The Hall–Kier alpha value is -2.41. The van der Waals surface area contributed by atoms with Gasteiger partial charge in [-0.15, -0.1) is 0 Å². The van der Waals surface area contributed by atoms with Crippen LogP contribution in [0, 0.1) is 6.92 Å². The van der Waals surface area contributed by atoms with Gasteiger partial charge >= 0.3 is 0 Å². The molecule has 1 fully saturated rings. The van der Waals surface area contributed by atoms with Gasteiger partial charge in [0, 0.05) is 43.4 Å². The van der Waals surface area contributed by atoms with Crippen molar-refractivity contribution in [2.75, 3.05) is 30.8 Å². The minimum Gasteiger partial charge on any atom is -0.381 e. The molecular formula is C17H23N5O2. The van der Waals surface area contributed by atoms with Crippen LogP contribution in [0.15, 0.2) is 29.1 Å². The van der Waals surface area contributed by atoms with Crippen molar-refractivity contribution in [2.45, 2.75) is 32.2 Å². The van der Waals surface area contributed by atoms with E-state index in [1.807, 2.05) is 19.1 Å². The Kier molecular flexibility index (Phi) is 5.10. The lowest BCUT2D eigenvalue weighted by atomic mass is 10.0. The number of hydrogen-bond acceptors (Lipinski definition) is 6. The standard InChI is InChI=1S/C17H23N5O2/c1-12-4-2-5-16(23)22(12)8-3-7-19-15-10-14(20-17(18)21-15)13-6-9-24-11-13/h2,4-5,10,13H,3,6-9,11H2,1H3,(H3,18,19,20,21)/t13-/m1/s1. The highest BCUT2D eigenvalue weighted by Crippen LogP contribution is 2.25. The largest absolute Gasteiger partial charge is 0.381 e. The molecule has 3 rings (SSSR count). The summed E-state index contributed by atoms with van der Waals surface area (Å²) in [5, 5.41) is 3.27. The SMILES string of the molecule is Cc1cccc(=O)n1CCCNc1cc([C@@H]2CCOC2)nc(N)n1. The molecule has 0 radical (unpaired) electrons. The first kappa shape index (κ1) is 16.4. The van der Waals surface area contributed by atoms with E-state index in [1.165, 1.54) is 0 Å². The van der Waals surface area contributed by atoms with Crippen molar-refractivity contribution in [3.63, 3.8) is 0 Å². The molecule has 3 N–H and O–H groups in total. The third-order valence-electron chi connectivity index (χ3n) is 4.24. The molecule has 0 aromatic carbocycles. The van der Waals surface area contributed by atoms with Crippen LogP contribution in [-0.4, -0.2) is 34.3 Å². The maximum absolute atomic E-state index is 11.8. The molecular weight excluding hydrogens is 306 g/mol. The minimum atomic E-state index is 0.0322. The van der Waals surface area contributed by atoms with E-state index in [1.54, 1.807) is 16.7 Å². The number of aromatic nitrogens is 3. The molecule has 7 nitrogen and oxygen atoms in total. The van der Waals surface area contributed by atoms with Gasteiger partial charge in [-0.05, 0) is 25.8 Å². The Morgan fingerprint density at radius 3 is 3.04 bits per heavy atom. The van der Waals surface area contributed by atoms with Gasteiger partial charge < -0.3 is 20.4 Å². The van der Waals surface area contributed by atoms with Gasteiger partial charge in [0.25, 0.3) is 5.56 Å². The van der Waals surface area contributed by atoms with E-state index in [0.717, 1.165) is 36.7 Å². The molecule has 0 amide bonds. The van der Waals surface area contributed by atoms with E-state index in [-0.39, 0.29) is 11.5 Å². The van der Waals surface area contributed by atoms with Gasteiger partial charge in [-0.1, -0.05) is 6.07 Å². The molecule has 1 saturated heterocycles. The number of pyridine rings is 1. The first-order valence-electron chi connectivity index (χ1n) is 8.26. The predicted molar refractivity (Wildman–Crippen MR) is 93.2 cm³/mol.